The summed E-state index contributed by atoms with van der Waals surface area (Å²) in [6.45, 7) is 0.749. The van der Waals surface area contributed by atoms with Crippen LogP contribution in [0, 0.1) is 17.8 Å². The Morgan fingerprint density at radius 1 is 1.53 bits per heavy atom. The Bertz CT molecular complexity index is 592. The number of nitrogens with zero attached hydrogens (tertiary/aromatic N) is 1. The topological polar surface area (TPSA) is 63.4 Å². The molecule has 1 aliphatic rings. The van der Waals surface area contributed by atoms with Gasteiger partial charge in [-0.3, -0.25) is 0 Å². The lowest BCUT2D eigenvalue weighted by Crippen LogP contribution is -2.29. The smallest absolute Gasteiger partial charge is 0.214 e. The quantitative estimate of drug-likeness (QED) is 0.832. The number of hydrogen-bond donors (Lipinski definition) is 1. The molecule has 0 bridgehead atoms. The average Bonchev–Trinajstić information content (AvgIpc) is 3.04. The first-order valence-corrected chi connectivity index (χ1v) is 8.70. The SMILES string of the molecule is CN(Cc1csc(C#CCN)c1)S(=O)(=O)CC1CC1. The van der Waals surface area contributed by atoms with Crippen molar-refractivity contribution < 1.29 is 8.42 Å². The van der Waals surface area contributed by atoms with Gasteiger partial charge in [0, 0.05) is 13.6 Å². The van der Waals surface area contributed by atoms with Gasteiger partial charge in [-0.2, -0.15) is 0 Å². The third kappa shape index (κ3) is 4.32. The van der Waals surface area contributed by atoms with E-state index in [9.17, 15) is 8.42 Å². The van der Waals surface area contributed by atoms with E-state index in [2.05, 4.69) is 11.8 Å². The van der Waals surface area contributed by atoms with Crippen LogP contribution in [0.15, 0.2) is 11.4 Å². The molecular weight excluding hydrogens is 280 g/mol. The van der Waals surface area contributed by atoms with Gasteiger partial charge in [0.2, 0.25) is 10.0 Å². The van der Waals surface area contributed by atoms with Crippen LogP contribution in [0.1, 0.15) is 23.3 Å². The van der Waals surface area contributed by atoms with Gasteiger partial charge in [0.1, 0.15) is 0 Å². The van der Waals surface area contributed by atoms with Crippen molar-refractivity contribution in [3.05, 3.63) is 21.9 Å². The number of rotatable bonds is 5. The minimum Gasteiger partial charge on any atom is -0.320 e. The lowest BCUT2D eigenvalue weighted by Gasteiger charge is -2.16. The first kappa shape index (κ1) is 14.5. The molecule has 0 atom stereocenters. The third-order valence-corrected chi connectivity index (χ3v) is 5.86. The fourth-order valence-corrected chi connectivity index (χ4v) is 4.03. The Balaban J connectivity index is 1.97. The van der Waals surface area contributed by atoms with Gasteiger partial charge >= 0.3 is 0 Å². The molecule has 104 valence electrons. The normalized spacial score (nSPS) is 15.3. The van der Waals surface area contributed by atoms with Crippen molar-refractivity contribution >= 4 is 21.4 Å². The molecule has 0 aliphatic heterocycles. The molecule has 19 heavy (non-hydrogen) atoms. The van der Waals surface area contributed by atoms with Crippen molar-refractivity contribution in [2.24, 2.45) is 11.7 Å². The molecule has 0 saturated heterocycles. The molecule has 0 spiro atoms. The summed E-state index contributed by atoms with van der Waals surface area (Å²) in [6, 6.07) is 1.93. The molecule has 6 heteroatoms. The van der Waals surface area contributed by atoms with Crippen LogP contribution in [0.5, 0.6) is 0 Å². The molecule has 0 radical (unpaired) electrons. The lowest BCUT2D eigenvalue weighted by atomic mass is 10.3. The molecule has 1 fully saturated rings. The largest absolute Gasteiger partial charge is 0.320 e. The summed E-state index contributed by atoms with van der Waals surface area (Å²) in [5, 5.41) is 1.95. The highest BCUT2D eigenvalue weighted by Crippen LogP contribution is 2.31. The molecular formula is C13H18N2O2S2. The van der Waals surface area contributed by atoms with E-state index in [0.29, 0.717) is 19.0 Å². The zero-order valence-corrected chi connectivity index (χ0v) is 12.6. The van der Waals surface area contributed by atoms with Gasteiger partial charge in [0.25, 0.3) is 0 Å². The van der Waals surface area contributed by atoms with Crippen molar-refractivity contribution in [2.75, 3.05) is 19.3 Å². The molecule has 2 N–H and O–H groups in total. The predicted molar refractivity (Wildman–Crippen MR) is 78.2 cm³/mol. The van der Waals surface area contributed by atoms with Crippen LogP contribution in [0.25, 0.3) is 0 Å². The molecule has 1 aromatic rings. The summed E-state index contributed by atoms with van der Waals surface area (Å²) in [7, 11) is -1.48. The van der Waals surface area contributed by atoms with Crippen molar-refractivity contribution in [1.82, 2.24) is 4.31 Å². The van der Waals surface area contributed by atoms with Gasteiger partial charge in [-0.1, -0.05) is 11.8 Å². The second kappa shape index (κ2) is 6.06. The van der Waals surface area contributed by atoms with Crippen LogP contribution in [0.3, 0.4) is 0 Å². The van der Waals surface area contributed by atoms with E-state index >= 15 is 0 Å². The van der Waals surface area contributed by atoms with E-state index < -0.39 is 10.0 Å². The van der Waals surface area contributed by atoms with E-state index in [1.165, 1.54) is 15.6 Å². The summed E-state index contributed by atoms with van der Waals surface area (Å²) < 4.78 is 25.5. The Labute approximate surface area is 118 Å². The first-order chi connectivity index (χ1) is 9.01. The molecule has 0 aromatic carbocycles. The second-order valence-corrected chi connectivity index (χ2v) is 7.83. The highest BCUT2D eigenvalue weighted by atomic mass is 32.2. The van der Waals surface area contributed by atoms with E-state index in [1.54, 1.807) is 7.05 Å². The predicted octanol–water partition coefficient (Wildman–Crippen LogP) is 1.23. The molecule has 1 saturated carbocycles. The Morgan fingerprint density at radius 2 is 2.26 bits per heavy atom. The van der Waals surface area contributed by atoms with Gasteiger partial charge in [0.15, 0.2) is 0 Å². The fraction of sp³-hybridized carbons (Fsp3) is 0.538. The van der Waals surface area contributed by atoms with Crippen LogP contribution in [-0.2, 0) is 16.6 Å². The van der Waals surface area contributed by atoms with Gasteiger partial charge < -0.3 is 5.73 Å². The molecule has 4 nitrogen and oxygen atoms in total. The van der Waals surface area contributed by atoms with Crippen molar-refractivity contribution in [3.63, 3.8) is 0 Å². The third-order valence-electron chi connectivity index (χ3n) is 2.99. The van der Waals surface area contributed by atoms with Gasteiger partial charge in [-0.05, 0) is 35.8 Å². The minimum atomic E-state index is -3.12. The van der Waals surface area contributed by atoms with Crippen LogP contribution < -0.4 is 5.73 Å². The lowest BCUT2D eigenvalue weighted by molar-refractivity contribution is 0.465. The number of nitrogens with two attached hydrogens (primary N) is 1. The molecule has 1 heterocycles. The Hall–Kier alpha value is -0.870. The summed E-state index contributed by atoms with van der Waals surface area (Å²) in [6.07, 6.45) is 2.09. The number of sulfonamides is 1. The maximum atomic E-state index is 12.0. The highest BCUT2D eigenvalue weighted by molar-refractivity contribution is 7.89. The number of hydrogen-bond acceptors (Lipinski definition) is 4. The Morgan fingerprint density at radius 3 is 2.89 bits per heavy atom. The molecule has 0 unspecified atom stereocenters. The Kier molecular flexibility index (Phi) is 4.63. The fourth-order valence-electron chi connectivity index (χ4n) is 1.73. The van der Waals surface area contributed by atoms with Gasteiger partial charge in [-0.15, -0.1) is 11.3 Å². The van der Waals surface area contributed by atoms with E-state index in [-0.39, 0.29) is 5.75 Å². The van der Waals surface area contributed by atoms with Gasteiger partial charge in [0.05, 0.1) is 17.2 Å². The van der Waals surface area contributed by atoms with Crippen molar-refractivity contribution in [3.8, 4) is 11.8 Å². The van der Waals surface area contributed by atoms with Crippen LogP contribution in [0.2, 0.25) is 0 Å². The van der Waals surface area contributed by atoms with Gasteiger partial charge in [-0.25, -0.2) is 12.7 Å². The number of thiophene rings is 1. The molecule has 1 aromatic heterocycles. The average molecular weight is 298 g/mol. The summed E-state index contributed by atoms with van der Waals surface area (Å²) in [5.41, 5.74) is 6.30. The zero-order chi connectivity index (χ0) is 13.9. The van der Waals surface area contributed by atoms with Crippen LogP contribution in [-0.4, -0.2) is 32.1 Å². The van der Waals surface area contributed by atoms with Crippen molar-refractivity contribution in [2.45, 2.75) is 19.4 Å². The maximum absolute atomic E-state index is 12.0. The second-order valence-electron chi connectivity index (χ2n) is 4.80. The van der Waals surface area contributed by atoms with Crippen LogP contribution in [0.4, 0.5) is 0 Å². The van der Waals surface area contributed by atoms with Crippen LogP contribution >= 0.6 is 11.3 Å². The minimum absolute atomic E-state index is 0.285. The highest BCUT2D eigenvalue weighted by Gasteiger charge is 2.30. The van der Waals surface area contributed by atoms with E-state index in [4.69, 9.17) is 5.73 Å². The van der Waals surface area contributed by atoms with E-state index in [0.717, 1.165) is 23.3 Å². The molecule has 0 amide bonds. The monoisotopic (exact) mass is 298 g/mol. The zero-order valence-electron chi connectivity index (χ0n) is 10.9. The van der Waals surface area contributed by atoms with E-state index in [1.807, 2.05) is 11.4 Å². The molecule has 2 rings (SSSR count). The van der Waals surface area contributed by atoms with Crippen molar-refractivity contribution in [1.29, 1.82) is 0 Å². The summed E-state index contributed by atoms with van der Waals surface area (Å²) >= 11 is 1.52. The first-order valence-electron chi connectivity index (χ1n) is 6.21. The molecule has 1 aliphatic carbocycles. The standard InChI is InChI=1S/C13H18N2O2S2/c1-15(19(16,17)10-11-4-5-11)8-12-7-13(18-9-12)3-2-6-14/h7,9,11H,4-6,8,10,14H2,1H3. The summed E-state index contributed by atoms with van der Waals surface area (Å²) in [5.74, 6) is 6.41. The summed E-state index contributed by atoms with van der Waals surface area (Å²) in [4.78, 5) is 0.924. The maximum Gasteiger partial charge on any atom is 0.214 e.